The SMILES string of the molecule is C=CC(=O)N1CCN(c2c(C#N)c(=O)n(-c3c(C)ccnc3C(C)C)c3nc(-c4c(F)ccc(F)c4O)c(F)cc23)CC1. The number of hydrogen-bond acceptors (Lipinski definition) is 7. The Hall–Kier alpha value is -5.18. The Kier molecular flexibility index (Phi) is 7.67. The van der Waals surface area contributed by atoms with Crippen LogP contribution in [0.4, 0.5) is 18.9 Å². The Bertz CT molecular complexity index is 1910. The Morgan fingerprint density at radius 1 is 1.09 bits per heavy atom. The lowest BCUT2D eigenvalue weighted by Crippen LogP contribution is -2.49. The molecule has 0 unspecified atom stereocenters. The van der Waals surface area contributed by atoms with Crippen LogP contribution in [0.2, 0.25) is 0 Å². The van der Waals surface area contributed by atoms with Gasteiger partial charge in [-0.25, -0.2) is 18.2 Å². The quantitative estimate of drug-likeness (QED) is 0.336. The summed E-state index contributed by atoms with van der Waals surface area (Å²) in [4.78, 5) is 38.4. The number of hydrogen-bond donors (Lipinski definition) is 1. The van der Waals surface area contributed by atoms with Crippen molar-refractivity contribution in [3.8, 4) is 28.8 Å². The number of nitriles is 1. The van der Waals surface area contributed by atoms with Gasteiger partial charge in [0.15, 0.2) is 23.0 Å². The lowest BCUT2D eigenvalue weighted by Gasteiger charge is -2.36. The third-order valence-corrected chi connectivity index (χ3v) is 7.51. The van der Waals surface area contributed by atoms with E-state index in [9.17, 15) is 28.7 Å². The van der Waals surface area contributed by atoms with E-state index in [0.29, 0.717) is 23.0 Å². The van der Waals surface area contributed by atoms with Crippen molar-refractivity contribution < 1.29 is 23.1 Å². The van der Waals surface area contributed by atoms with E-state index < -0.39 is 40.0 Å². The molecule has 0 aliphatic carbocycles. The number of aryl methyl sites for hydroxylation is 1. The van der Waals surface area contributed by atoms with Gasteiger partial charge in [0, 0.05) is 37.8 Å². The second kappa shape index (κ2) is 11.2. The van der Waals surface area contributed by atoms with Crippen LogP contribution in [0.1, 0.15) is 36.6 Å². The van der Waals surface area contributed by atoms with Crippen molar-refractivity contribution in [2.75, 3.05) is 31.1 Å². The monoisotopic (exact) mass is 588 g/mol. The van der Waals surface area contributed by atoms with Gasteiger partial charge >= 0.3 is 0 Å². The number of carbonyl (C=O) groups is 1. The second-order valence-electron chi connectivity index (χ2n) is 10.5. The lowest BCUT2D eigenvalue weighted by atomic mass is 10.0. The number of halogens is 3. The van der Waals surface area contributed by atoms with Gasteiger partial charge in [-0.05, 0) is 48.7 Å². The fraction of sp³-hybridized carbons (Fsp3) is 0.258. The summed E-state index contributed by atoms with van der Waals surface area (Å²) in [6.45, 7) is 9.87. The number of aromatic hydroxyl groups is 1. The summed E-state index contributed by atoms with van der Waals surface area (Å²) >= 11 is 0. The maximum Gasteiger partial charge on any atom is 0.276 e. The van der Waals surface area contributed by atoms with Crippen molar-refractivity contribution in [2.45, 2.75) is 26.7 Å². The summed E-state index contributed by atoms with van der Waals surface area (Å²) in [6, 6.07) is 6.07. The molecule has 0 bridgehead atoms. The van der Waals surface area contributed by atoms with Gasteiger partial charge in [0.25, 0.3) is 5.56 Å². The molecule has 4 heterocycles. The Labute approximate surface area is 244 Å². The average molecular weight is 589 g/mol. The van der Waals surface area contributed by atoms with E-state index in [1.807, 2.05) is 19.9 Å². The van der Waals surface area contributed by atoms with Gasteiger partial charge < -0.3 is 14.9 Å². The maximum absolute atomic E-state index is 15.9. The number of carbonyl (C=O) groups excluding carboxylic acids is 1. The highest BCUT2D eigenvalue weighted by Gasteiger charge is 2.30. The van der Waals surface area contributed by atoms with Crippen LogP contribution in [0.3, 0.4) is 0 Å². The number of phenolic OH excluding ortho intramolecular Hbond substituents is 1. The first kappa shape index (κ1) is 29.3. The van der Waals surface area contributed by atoms with Crippen molar-refractivity contribution >= 4 is 22.6 Å². The zero-order valence-electron chi connectivity index (χ0n) is 23.7. The maximum atomic E-state index is 15.9. The molecule has 5 rings (SSSR count). The average Bonchev–Trinajstić information content (AvgIpc) is 2.99. The van der Waals surface area contributed by atoms with Gasteiger partial charge in [-0.15, -0.1) is 0 Å². The third kappa shape index (κ3) is 4.86. The topological polar surface area (TPSA) is 115 Å². The molecular formula is C31H27F3N6O3. The van der Waals surface area contributed by atoms with Gasteiger partial charge in [0.05, 0.1) is 22.6 Å². The fourth-order valence-electron chi connectivity index (χ4n) is 5.41. The van der Waals surface area contributed by atoms with E-state index in [-0.39, 0.29) is 60.3 Å². The van der Waals surface area contributed by atoms with Crippen molar-refractivity contribution in [2.24, 2.45) is 0 Å². The number of benzene rings is 1. The highest BCUT2D eigenvalue weighted by Crippen LogP contribution is 2.39. The minimum absolute atomic E-state index is 0.0511. The van der Waals surface area contributed by atoms with Gasteiger partial charge in [0.1, 0.15) is 23.1 Å². The number of phenols is 1. The van der Waals surface area contributed by atoms with Crippen LogP contribution >= 0.6 is 0 Å². The molecule has 220 valence electrons. The fourth-order valence-corrected chi connectivity index (χ4v) is 5.41. The normalized spacial score (nSPS) is 13.4. The minimum atomic E-state index is -1.19. The van der Waals surface area contributed by atoms with E-state index in [4.69, 9.17) is 0 Å². The molecule has 3 aromatic heterocycles. The van der Waals surface area contributed by atoms with E-state index >= 15 is 4.39 Å². The first-order valence-electron chi connectivity index (χ1n) is 13.5. The number of piperazine rings is 1. The number of rotatable bonds is 5. The zero-order chi connectivity index (χ0) is 31.2. The number of pyridine rings is 3. The first-order valence-corrected chi connectivity index (χ1v) is 13.5. The predicted molar refractivity (Wildman–Crippen MR) is 155 cm³/mol. The molecule has 1 N–H and O–H groups in total. The smallest absolute Gasteiger partial charge is 0.276 e. The number of amides is 1. The summed E-state index contributed by atoms with van der Waals surface area (Å²) in [5.41, 5.74) is -1.25. The Balaban J connectivity index is 1.90. The van der Waals surface area contributed by atoms with E-state index in [1.54, 1.807) is 29.0 Å². The van der Waals surface area contributed by atoms with Crippen molar-refractivity contribution in [1.29, 1.82) is 5.26 Å². The number of aromatic nitrogens is 3. The molecule has 1 saturated heterocycles. The number of fused-ring (bicyclic) bond motifs is 1. The molecule has 0 saturated carbocycles. The molecular weight excluding hydrogens is 561 g/mol. The minimum Gasteiger partial charge on any atom is -0.504 e. The van der Waals surface area contributed by atoms with Crippen LogP contribution in [0.15, 0.2) is 47.9 Å². The van der Waals surface area contributed by atoms with E-state index in [0.717, 1.165) is 16.7 Å². The van der Waals surface area contributed by atoms with Crippen LogP contribution in [-0.4, -0.2) is 56.6 Å². The van der Waals surface area contributed by atoms with Gasteiger partial charge in [-0.3, -0.25) is 19.1 Å². The zero-order valence-corrected chi connectivity index (χ0v) is 23.7. The summed E-state index contributed by atoms with van der Waals surface area (Å²) in [7, 11) is 0. The first-order chi connectivity index (χ1) is 20.5. The van der Waals surface area contributed by atoms with Crippen LogP contribution in [0.5, 0.6) is 5.75 Å². The molecule has 9 nitrogen and oxygen atoms in total. The molecule has 1 aliphatic heterocycles. The number of nitrogens with zero attached hydrogens (tertiary/aromatic N) is 6. The van der Waals surface area contributed by atoms with Crippen molar-refractivity contribution in [3.63, 3.8) is 0 Å². The molecule has 0 radical (unpaired) electrons. The highest BCUT2D eigenvalue weighted by atomic mass is 19.1. The Morgan fingerprint density at radius 3 is 2.40 bits per heavy atom. The third-order valence-electron chi connectivity index (χ3n) is 7.51. The van der Waals surface area contributed by atoms with E-state index in [1.165, 1.54) is 6.08 Å². The standard InChI is InChI=1S/C31H27F3N6O3/c1-5-23(41)38-10-12-39(13-11-38)28-18-14-22(34)26(24-20(32)6-7-21(33)29(24)42)37-30(18)40(31(43)19(28)15-35)27-17(4)8-9-36-25(27)16(2)3/h5-9,14,16,42H,1,10-13H2,2-4H3. The molecule has 0 atom stereocenters. The number of anilines is 1. The molecule has 12 heteroatoms. The summed E-state index contributed by atoms with van der Waals surface area (Å²) < 4.78 is 46.3. The summed E-state index contributed by atoms with van der Waals surface area (Å²) in [6.07, 6.45) is 2.76. The van der Waals surface area contributed by atoms with Gasteiger partial charge in [0.2, 0.25) is 5.91 Å². The molecule has 0 spiro atoms. The second-order valence-corrected chi connectivity index (χ2v) is 10.5. The van der Waals surface area contributed by atoms with Crippen LogP contribution in [0, 0.1) is 35.7 Å². The molecule has 1 fully saturated rings. The highest BCUT2D eigenvalue weighted by molar-refractivity contribution is 5.96. The Morgan fingerprint density at radius 2 is 1.77 bits per heavy atom. The van der Waals surface area contributed by atoms with Gasteiger partial charge in [-0.2, -0.15) is 5.26 Å². The lowest BCUT2D eigenvalue weighted by molar-refractivity contribution is -0.126. The van der Waals surface area contributed by atoms with Crippen LogP contribution in [0.25, 0.3) is 28.0 Å². The van der Waals surface area contributed by atoms with E-state index in [2.05, 4.69) is 16.5 Å². The molecule has 1 amide bonds. The van der Waals surface area contributed by atoms with Gasteiger partial charge in [-0.1, -0.05) is 20.4 Å². The molecule has 43 heavy (non-hydrogen) atoms. The summed E-state index contributed by atoms with van der Waals surface area (Å²) in [5, 5.41) is 20.7. The van der Waals surface area contributed by atoms with Crippen LogP contribution < -0.4 is 10.5 Å². The van der Waals surface area contributed by atoms with Crippen molar-refractivity contribution in [1.82, 2.24) is 19.4 Å². The predicted octanol–water partition coefficient (Wildman–Crippen LogP) is 4.71. The molecule has 1 aliphatic rings. The molecule has 1 aromatic carbocycles. The van der Waals surface area contributed by atoms with Crippen molar-refractivity contribution in [3.05, 3.63) is 87.7 Å². The molecule has 4 aromatic rings. The summed E-state index contributed by atoms with van der Waals surface area (Å²) in [5.74, 6) is -5.04. The van der Waals surface area contributed by atoms with Crippen LogP contribution in [-0.2, 0) is 4.79 Å². The largest absolute Gasteiger partial charge is 0.504 e.